The Bertz CT molecular complexity index is 490. The molecule has 1 aliphatic heterocycles. The Morgan fingerprint density at radius 2 is 1.65 bits per heavy atom. The van der Waals surface area contributed by atoms with Crippen molar-refractivity contribution < 1.29 is 19.0 Å². The Kier molecular flexibility index (Phi) is 10.1. The van der Waals surface area contributed by atoms with Crippen LogP contribution in [0.5, 0.6) is 0 Å². The molecule has 0 saturated carbocycles. The minimum atomic E-state index is -0.665. The van der Waals surface area contributed by atoms with Gasteiger partial charge in [-0.2, -0.15) is 0 Å². The van der Waals surface area contributed by atoms with Crippen LogP contribution in [0.15, 0.2) is 30.3 Å². The van der Waals surface area contributed by atoms with E-state index in [9.17, 15) is 4.79 Å². The molecule has 1 heterocycles. The average Bonchev–Trinajstić information content (AvgIpc) is 2.65. The molecule has 0 radical (unpaired) electrons. The average molecular weight is 364 g/mol. The van der Waals surface area contributed by atoms with Crippen LogP contribution >= 0.6 is 0 Å². The van der Waals surface area contributed by atoms with Crippen LogP contribution in [-0.4, -0.2) is 56.6 Å². The summed E-state index contributed by atoms with van der Waals surface area (Å²) in [5.74, 6) is 0. The molecule has 1 aromatic carbocycles. The highest BCUT2D eigenvalue weighted by molar-refractivity contribution is 5.64. The molecule has 6 heteroatoms. The predicted octanol–water partition coefficient (Wildman–Crippen LogP) is 2.95. The van der Waals surface area contributed by atoms with Crippen molar-refractivity contribution in [3.8, 4) is 0 Å². The van der Waals surface area contributed by atoms with Gasteiger partial charge in [-0.15, -0.1) is 0 Å². The zero-order valence-corrected chi connectivity index (χ0v) is 15.6. The maximum absolute atomic E-state index is 10.7. The summed E-state index contributed by atoms with van der Waals surface area (Å²) in [6, 6.07) is 10.2. The molecule has 1 aliphatic rings. The van der Waals surface area contributed by atoms with Gasteiger partial charge in [0.2, 0.25) is 0 Å². The van der Waals surface area contributed by atoms with Gasteiger partial charge in [0.25, 0.3) is 0 Å². The molecule has 0 atom stereocenters. The van der Waals surface area contributed by atoms with Gasteiger partial charge in [0.05, 0.1) is 6.61 Å². The second-order valence-electron chi connectivity index (χ2n) is 6.69. The first-order valence-corrected chi connectivity index (χ1v) is 9.62. The van der Waals surface area contributed by atoms with E-state index in [0.29, 0.717) is 6.61 Å². The number of carbonyl (C=O) groups is 1. The number of piperidine rings is 1. The van der Waals surface area contributed by atoms with Crippen molar-refractivity contribution >= 4 is 6.09 Å². The highest BCUT2D eigenvalue weighted by Gasteiger charge is 2.20. The number of unbranched alkanes of at least 4 members (excludes halogenated alkanes) is 1. The molecule has 1 saturated heterocycles. The summed E-state index contributed by atoms with van der Waals surface area (Å²) in [4.78, 5) is 13.1. The monoisotopic (exact) mass is 364 g/mol. The maximum Gasteiger partial charge on any atom is 0.404 e. The predicted molar refractivity (Wildman–Crippen MR) is 101 cm³/mol. The largest absolute Gasteiger partial charge is 0.446 e. The minimum Gasteiger partial charge on any atom is -0.446 e. The summed E-state index contributed by atoms with van der Waals surface area (Å²) < 4.78 is 16.4. The van der Waals surface area contributed by atoms with Gasteiger partial charge in [0, 0.05) is 39.5 Å². The SMILES string of the molecule is NC(=O)OC1CCN(CCCOCCCCOCc2ccccc2)CC1. The molecule has 0 aliphatic carbocycles. The van der Waals surface area contributed by atoms with Gasteiger partial charge in [-0.1, -0.05) is 30.3 Å². The van der Waals surface area contributed by atoms with Gasteiger partial charge in [0.1, 0.15) is 6.10 Å². The molecular weight excluding hydrogens is 332 g/mol. The fourth-order valence-corrected chi connectivity index (χ4v) is 3.08. The van der Waals surface area contributed by atoms with Gasteiger partial charge in [0.15, 0.2) is 0 Å². The number of hydrogen-bond donors (Lipinski definition) is 1. The lowest BCUT2D eigenvalue weighted by atomic mass is 10.1. The van der Waals surface area contributed by atoms with Crippen LogP contribution in [0, 0.1) is 0 Å². The van der Waals surface area contributed by atoms with Crippen LogP contribution in [0.3, 0.4) is 0 Å². The number of nitrogens with zero attached hydrogens (tertiary/aromatic N) is 1. The van der Waals surface area contributed by atoms with Crippen molar-refractivity contribution in [2.45, 2.75) is 44.8 Å². The number of hydrogen-bond acceptors (Lipinski definition) is 5. The number of rotatable bonds is 12. The molecule has 146 valence electrons. The Morgan fingerprint density at radius 3 is 2.35 bits per heavy atom. The Labute approximate surface area is 156 Å². The molecule has 2 N–H and O–H groups in total. The number of ether oxygens (including phenoxy) is 3. The van der Waals surface area contributed by atoms with E-state index < -0.39 is 6.09 Å². The third-order valence-electron chi connectivity index (χ3n) is 4.52. The third kappa shape index (κ3) is 9.17. The molecule has 0 unspecified atom stereocenters. The van der Waals surface area contributed by atoms with Gasteiger partial charge in [-0.3, -0.25) is 0 Å². The van der Waals surface area contributed by atoms with E-state index in [1.165, 1.54) is 5.56 Å². The molecule has 1 aromatic rings. The van der Waals surface area contributed by atoms with Crippen LogP contribution in [0.4, 0.5) is 4.79 Å². The molecule has 1 fully saturated rings. The smallest absolute Gasteiger partial charge is 0.404 e. The van der Waals surface area contributed by atoms with Gasteiger partial charge in [-0.05, 0) is 37.7 Å². The van der Waals surface area contributed by atoms with Crippen LogP contribution in [0.25, 0.3) is 0 Å². The van der Waals surface area contributed by atoms with Crippen molar-refractivity contribution in [2.24, 2.45) is 5.73 Å². The zero-order chi connectivity index (χ0) is 18.5. The van der Waals surface area contributed by atoms with E-state index in [1.807, 2.05) is 18.2 Å². The number of amides is 1. The maximum atomic E-state index is 10.7. The quantitative estimate of drug-likeness (QED) is 0.577. The topological polar surface area (TPSA) is 74.0 Å². The van der Waals surface area contributed by atoms with Crippen molar-refractivity contribution in [1.29, 1.82) is 0 Å². The standard InChI is InChI=1S/C20H32N2O4/c21-20(23)26-19-9-12-22(13-10-19)11-6-16-24-14-4-5-15-25-17-18-7-2-1-3-8-18/h1-3,7-8,19H,4-6,9-17H2,(H2,21,23). The first-order chi connectivity index (χ1) is 12.7. The van der Waals surface area contributed by atoms with Crippen molar-refractivity contribution in [3.63, 3.8) is 0 Å². The van der Waals surface area contributed by atoms with E-state index in [4.69, 9.17) is 19.9 Å². The van der Waals surface area contributed by atoms with E-state index in [1.54, 1.807) is 0 Å². The van der Waals surface area contributed by atoms with Crippen LogP contribution < -0.4 is 5.73 Å². The zero-order valence-electron chi connectivity index (χ0n) is 15.6. The second kappa shape index (κ2) is 12.7. The van der Waals surface area contributed by atoms with E-state index in [-0.39, 0.29) is 6.10 Å². The second-order valence-corrected chi connectivity index (χ2v) is 6.69. The summed E-state index contributed by atoms with van der Waals surface area (Å²) in [5.41, 5.74) is 6.27. The number of nitrogens with two attached hydrogens (primary N) is 1. The summed E-state index contributed by atoms with van der Waals surface area (Å²) in [6.45, 7) is 5.99. The molecule has 0 spiro atoms. The number of benzene rings is 1. The lowest BCUT2D eigenvalue weighted by Crippen LogP contribution is -2.39. The van der Waals surface area contributed by atoms with Gasteiger partial charge >= 0.3 is 6.09 Å². The molecule has 0 bridgehead atoms. The molecular formula is C20H32N2O4. The number of likely N-dealkylation sites (tertiary alicyclic amines) is 1. The molecule has 0 aromatic heterocycles. The highest BCUT2D eigenvalue weighted by Crippen LogP contribution is 2.13. The van der Waals surface area contributed by atoms with E-state index in [2.05, 4.69) is 17.0 Å². The summed E-state index contributed by atoms with van der Waals surface area (Å²) in [6.07, 6.45) is 4.16. The lowest BCUT2D eigenvalue weighted by Gasteiger charge is -2.31. The van der Waals surface area contributed by atoms with Gasteiger partial charge < -0.3 is 24.8 Å². The summed E-state index contributed by atoms with van der Waals surface area (Å²) in [7, 11) is 0. The summed E-state index contributed by atoms with van der Waals surface area (Å²) >= 11 is 0. The Balaban J connectivity index is 1.35. The fraction of sp³-hybridized carbons (Fsp3) is 0.650. The van der Waals surface area contributed by atoms with Crippen molar-refractivity contribution in [3.05, 3.63) is 35.9 Å². The number of carbonyl (C=O) groups excluding carboxylic acids is 1. The number of primary amides is 1. The normalized spacial score (nSPS) is 15.8. The first-order valence-electron chi connectivity index (χ1n) is 9.62. The molecule has 6 nitrogen and oxygen atoms in total. The highest BCUT2D eigenvalue weighted by atomic mass is 16.6. The van der Waals surface area contributed by atoms with Crippen LogP contribution in [0.2, 0.25) is 0 Å². The summed E-state index contributed by atoms with van der Waals surface area (Å²) in [5, 5.41) is 0. The van der Waals surface area contributed by atoms with E-state index >= 15 is 0 Å². The molecule has 2 rings (SSSR count). The van der Waals surface area contributed by atoms with Crippen molar-refractivity contribution in [1.82, 2.24) is 4.90 Å². The van der Waals surface area contributed by atoms with Crippen LogP contribution in [0.1, 0.15) is 37.7 Å². The van der Waals surface area contributed by atoms with Crippen molar-refractivity contribution in [2.75, 3.05) is 39.5 Å². The van der Waals surface area contributed by atoms with E-state index in [0.717, 1.165) is 71.6 Å². The third-order valence-corrected chi connectivity index (χ3v) is 4.52. The minimum absolute atomic E-state index is 0.0101. The van der Waals surface area contributed by atoms with Crippen LogP contribution in [-0.2, 0) is 20.8 Å². The van der Waals surface area contributed by atoms with Gasteiger partial charge in [-0.25, -0.2) is 4.79 Å². The Morgan fingerprint density at radius 1 is 1.00 bits per heavy atom. The molecule has 26 heavy (non-hydrogen) atoms. The molecule has 1 amide bonds. The Hall–Kier alpha value is -1.63. The fourth-order valence-electron chi connectivity index (χ4n) is 3.08. The lowest BCUT2D eigenvalue weighted by molar-refractivity contribution is 0.0508. The first kappa shape index (κ1) is 20.7.